The maximum absolute atomic E-state index is 5.28. The van der Waals surface area contributed by atoms with Crippen LogP contribution in [-0.2, 0) is 13.0 Å². The number of piperidine rings is 1. The summed E-state index contributed by atoms with van der Waals surface area (Å²) in [5.41, 5.74) is 5.14. The van der Waals surface area contributed by atoms with Crippen molar-refractivity contribution in [3.8, 4) is 5.75 Å². The van der Waals surface area contributed by atoms with E-state index in [0.29, 0.717) is 6.04 Å². The molecule has 2 aliphatic heterocycles. The molecule has 2 aliphatic rings. The summed E-state index contributed by atoms with van der Waals surface area (Å²) in [6.45, 7) is 6.52. The number of methoxy groups -OCH3 is 1. The van der Waals surface area contributed by atoms with Crippen LogP contribution in [-0.4, -0.2) is 43.5 Å². The fourth-order valence-electron chi connectivity index (χ4n) is 5.33. The molecule has 1 fully saturated rings. The van der Waals surface area contributed by atoms with Gasteiger partial charge in [-0.25, -0.2) is 0 Å². The molecular formula is C29H37N4OP. The molecule has 0 aliphatic carbocycles. The summed E-state index contributed by atoms with van der Waals surface area (Å²) in [5.74, 6) is 0.603. The normalized spacial score (nSPS) is 20.5. The van der Waals surface area contributed by atoms with Gasteiger partial charge in [0.2, 0.25) is 0 Å². The highest BCUT2D eigenvalue weighted by Crippen LogP contribution is 2.40. The molecule has 2 heterocycles. The van der Waals surface area contributed by atoms with Gasteiger partial charge in [-0.15, -0.1) is 9.24 Å². The van der Waals surface area contributed by atoms with Gasteiger partial charge in [-0.05, 0) is 80.0 Å². The molecule has 5 rings (SSSR count). The average molecular weight is 489 g/mol. The average Bonchev–Trinajstić information content (AvgIpc) is 3.16. The molecule has 3 aromatic rings. The largest absolute Gasteiger partial charge is 0.497 e. The SMILES string of the molecule is COc1ccc(CCN2CCC(NC3(C)Nc4ccccc4N3Cc3ccc(P)cc3)CC2)cc1. The Balaban J connectivity index is 1.19. The number of likely N-dealkylation sites (tertiary alicyclic amines) is 1. The monoisotopic (exact) mass is 488 g/mol. The number of ether oxygens (including phenoxy) is 1. The summed E-state index contributed by atoms with van der Waals surface area (Å²) in [6.07, 6.45) is 3.40. The van der Waals surface area contributed by atoms with Gasteiger partial charge < -0.3 is 19.9 Å². The minimum Gasteiger partial charge on any atom is -0.497 e. The van der Waals surface area contributed by atoms with Crippen molar-refractivity contribution in [2.75, 3.05) is 37.0 Å². The smallest absolute Gasteiger partial charge is 0.164 e. The molecule has 0 spiro atoms. The Bertz CT molecular complexity index is 1110. The van der Waals surface area contributed by atoms with Gasteiger partial charge in [0.05, 0.1) is 18.5 Å². The highest BCUT2D eigenvalue weighted by molar-refractivity contribution is 7.27. The maximum atomic E-state index is 5.28. The van der Waals surface area contributed by atoms with Gasteiger partial charge in [-0.1, -0.05) is 48.5 Å². The van der Waals surface area contributed by atoms with Crippen molar-refractivity contribution in [3.05, 3.63) is 83.9 Å². The topological polar surface area (TPSA) is 39.8 Å². The van der Waals surface area contributed by atoms with Crippen LogP contribution >= 0.6 is 9.24 Å². The molecule has 0 amide bonds. The van der Waals surface area contributed by atoms with E-state index in [2.05, 4.69) is 109 Å². The van der Waals surface area contributed by atoms with Gasteiger partial charge >= 0.3 is 0 Å². The van der Waals surface area contributed by atoms with Gasteiger partial charge in [0.1, 0.15) is 5.75 Å². The Morgan fingerprint density at radius 1 is 0.971 bits per heavy atom. The molecular weight excluding hydrogens is 451 g/mol. The van der Waals surface area contributed by atoms with Crippen LogP contribution in [0.3, 0.4) is 0 Å². The zero-order valence-corrected chi connectivity index (χ0v) is 22.0. The first-order valence-corrected chi connectivity index (χ1v) is 13.2. The zero-order chi connectivity index (χ0) is 24.3. The van der Waals surface area contributed by atoms with E-state index in [1.165, 1.54) is 27.8 Å². The van der Waals surface area contributed by atoms with Crippen LogP contribution in [0.15, 0.2) is 72.8 Å². The van der Waals surface area contributed by atoms with Crippen molar-refractivity contribution >= 4 is 25.9 Å². The first kappa shape index (κ1) is 24.1. The molecule has 184 valence electrons. The molecule has 3 aromatic carbocycles. The highest BCUT2D eigenvalue weighted by atomic mass is 31.0. The number of para-hydroxylation sites is 2. The fourth-order valence-corrected chi connectivity index (χ4v) is 5.52. The number of benzene rings is 3. The van der Waals surface area contributed by atoms with Crippen LogP contribution < -0.4 is 25.6 Å². The van der Waals surface area contributed by atoms with E-state index >= 15 is 0 Å². The maximum Gasteiger partial charge on any atom is 0.164 e. The van der Waals surface area contributed by atoms with E-state index in [-0.39, 0.29) is 5.79 Å². The fraction of sp³-hybridized carbons (Fsp3) is 0.379. The van der Waals surface area contributed by atoms with Crippen molar-refractivity contribution in [2.24, 2.45) is 0 Å². The van der Waals surface area contributed by atoms with Crippen molar-refractivity contribution in [1.82, 2.24) is 10.2 Å². The second-order valence-electron chi connectivity index (χ2n) is 9.90. The third-order valence-corrected chi connectivity index (χ3v) is 7.77. The van der Waals surface area contributed by atoms with Crippen LogP contribution in [0.5, 0.6) is 5.75 Å². The van der Waals surface area contributed by atoms with Gasteiger partial charge in [0, 0.05) is 19.1 Å². The summed E-state index contributed by atoms with van der Waals surface area (Å²) in [6, 6.07) is 26.4. The molecule has 2 atom stereocenters. The lowest BCUT2D eigenvalue weighted by Crippen LogP contribution is -2.63. The molecule has 35 heavy (non-hydrogen) atoms. The molecule has 0 bridgehead atoms. The van der Waals surface area contributed by atoms with E-state index in [1.807, 2.05) is 0 Å². The van der Waals surface area contributed by atoms with Gasteiger partial charge in [-0.2, -0.15) is 0 Å². The Hall–Kier alpha value is -2.59. The summed E-state index contributed by atoms with van der Waals surface area (Å²) >= 11 is 0. The number of nitrogens with zero attached hydrogens (tertiary/aromatic N) is 2. The minimum absolute atomic E-state index is 0.320. The molecule has 6 heteroatoms. The highest BCUT2D eigenvalue weighted by Gasteiger charge is 2.41. The van der Waals surface area contributed by atoms with Crippen LogP contribution in [0, 0.1) is 0 Å². The summed E-state index contributed by atoms with van der Waals surface area (Å²) in [5, 5.41) is 9.01. The summed E-state index contributed by atoms with van der Waals surface area (Å²) in [7, 11) is 4.49. The Morgan fingerprint density at radius 3 is 2.37 bits per heavy atom. The van der Waals surface area contributed by atoms with Crippen LogP contribution in [0.2, 0.25) is 0 Å². The third kappa shape index (κ3) is 5.64. The van der Waals surface area contributed by atoms with Gasteiger partial charge in [-0.3, -0.25) is 5.32 Å². The molecule has 0 saturated carbocycles. The van der Waals surface area contributed by atoms with Crippen LogP contribution in [0.1, 0.15) is 30.9 Å². The summed E-state index contributed by atoms with van der Waals surface area (Å²) < 4.78 is 5.28. The molecule has 1 saturated heterocycles. The number of rotatable bonds is 8. The second-order valence-corrected chi connectivity index (χ2v) is 10.6. The summed E-state index contributed by atoms with van der Waals surface area (Å²) in [4.78, 5) is 5.08. The third-order valence-electron chi connectivity index (χ3n) is 7.38. The van der Waals surface area contributed by atoms with E-state index in [4.69, 9.17) is 4.74 Å². The molecule has 2 unspecified atom stereocenters. The first-order chi connectivity index (χ1) is 17.0. The van der Waals surface area contributed by atoms with E-state index in [1.54, 1.807) is 7.11 Å². The zero-order valence-electron chi connectivity index (χ0n) is 20.8. The van der Waals surface area contributed by atoms with Crippen LogP contribution in [0.25, 0.3) is 0 Å². The lowest BCUT2D eigenvalue weighted by molar-refractivity contribution is 0.180. The standard InChI is InChI=1S/C29H37N4OP/c1-29(30-24-16-19-32(20-17-24)18-15-22-7-11-25(34-2)12-8-22)31-27-5-3-4-6-28(27)33(29)21-23-9-13-26(35)14-10-23/h3-14,24,30-31H,15-21,35H2,1-2H3. The lowest BCUT2D eigenvalue weighted by atomic mass is 10.0. The number of nitrogens with one attached hydrogen (secondary N) is 2. The van der Waals surface area contributed by atoms with E-state index in [9.17, 15) is 0 Å². The number of anilines is 2. The predicted molar refractivity (Wildman–Crippen MR) is 150 cm³/mol. The number of hydrogen-bond donors (Lipinski definition) is 2. The molecule has 2 N–H and O–H groups in total. The van der Waals surface area contributed by atoms with Crippen molar-refractivity contribution in [1.29, 1.82) is 0 Å². The Morgan fingerprint density at radius 2 is 1.66 bits per heavy atom. The minimum atomic E-state index is -0.320. The van der Waals surface area contributed by atoms with E-state index in [0.717, 1.165) is 51.2 Å². The Kier molecular flexibility index (Phi) is 7.29. The quantitative estimate of drug-likeness (QED) is 0.454. The molecule has 0 radical (unpaired) electrons. The molecule has 0 aromatic heterocycles. The lowest BCUT2D eigenvalue weighted by Gasteiger charge is -2.43. The van der Waals surface area contributed by atoms with Crippen molar-refractivity contribution in [2.45, 2.75) is 44.6 Å². The molecule has 5 nitrogen and oxygen atoms in total. The van der Waals surface area contributed by atoms with Crippen molar-refractivity contribution < 1.29 is 4.74 Å². The van der Waals surface area contributed by atoms with Crippen molar-refractivity contribution in [3.63, 3.8) is 0 Å². The first-order valence-electron chi connectivity index (χ1n) is 12.6. The van der Waals surface area contributed by atoms with Crippen LogP contribution in [0.4, 0.5) is 11.4 Å². The van der Waals surface area contributed by atoms with E-state index < -0.39 is 0 Å². The second kappa shape index (κ2) is 10.6. The van der Waals surface area contributed by atoms with Gasteiger partial charge in [0.25, 0.3) is 0 Å². The van der Waals surface area contributed by atoms with Gasteiger partial charge in [0.15, 0.2) is 5.79 Å². The number of fused-ring (bicyclic) bond motifs is 1. The Labute approximate surface area is 212 Å². The predicted octanol–water partition coefficient (Wildman–Crippen LogP) is 4.60. The number of hydrogen-bond acceptors (Lipinski definition) is 5.